The Morgan fingerprint density at radius 3 is 2.92 bits per heavy atom. The molecule has 1 aromatic heterocycles. The van der Waals surface area contributed by atoms with E-state index in [1.807, 2.05) is 30.3 Å². The lowest BCUT2D eigenvalue weighted by molar-refractivity contribution is 0.295. The number of tetrazole rings is 1. The van der Waals surface area contributed by atoms with Gasteiger partial charge in [-0.25, -0.2) is 0 Å². The van der Waals surface area contributed by atoms with Gasteiger partial charge in [-0.2, -0.15) is 4.80 Å². The van der Waals surface area contributed by atoms with E-state index in [1.54, 1.807) is 4.80 Å². The summed E-state index contributed by atoms with van der Waals surface area (Å²) < 4.78 is 5.66. The Morgan fingerprint density at radius 2 is 2.00 bits per heavy atom. The molecular weight excluding hydrogens is 302 g/mol. The molecule has 3 aromatic rings. The Kier molecular flexibility index (Phi) is 4.20. The minimum atomic E-state index is 0.320. The zero-order valence-corrected chi connectivity index (χ0v) is 13.4. The number of rotatable bonds is 5. The van der Waals surface area contributed by atoms with Gasteiger partial charge in [-0.05, 0) is 47.0 Å². The highest BCUT2D eigenvalue weighted by atomic mass is 16.5. The van der Waals surface area contributed by atoms with E-state index in [9.17, 15) is 0 Å². The molecule has 0 radical (unpaired) electrons. The maximum absolute atomic E-state index is 5.66. The number of hydrogen-bond donors (Lipinski definition) is 1. The van der Waals surface area contributed by atoms with E-state index in [2.05, 4.69) is 38.9 Å². The number of nitrogens with one attached hydrogen (secondary N) is 1. The lowest BCUT2D eigenvalue weighted by Crippen LogP contribution is -2.25. The summed E-state index contributed by atoms with van der Waals surface area (Å²) >= 11 is 0. The molecule has 0 bridgehead atoms. The average Bonchev–Trinajstić information content (AvgIpc) is 3.09. The number of nitrogens with zero attached hydrogens (tertiary/aromatic N) is 4. The van der Waals surface area contributed by atoms with E-state index in [1.165, 1.54) is 16.7 Å². The van der Waals surface area contributed by atoms with Crippen molar-refractivity contribution in [2.45, 2.75) is 26.1 Å². The van der Waals surface area contributed by atoms with E-state index < -0.39 is 0 Å². The quantitative estimate of drug-likeness (QED) is 0.778. The molecule has 6 heteroatoms. The molecule has 0 unspecified atom stereocenters. The minimum absolute atomic E-state index is 0.320. The zero-order valence-electron chi connectivity index (χ0n) is 13.4. The molecule has 2 aromatic carbocycles. The van der Waals surface area contributed by atoms with Gasteiger partial charge in [0.05, 0.1) is 6.54 Å². The molecule has 4 rings (SSSR count). The second kappa shape index (κ2) is 6.80. The fraction of sp³-hybridized carbons (Fsp3) is 0.278. The van der Waals surface area contributed by atoms with Gasteiger partial charge >= 0.3 is 0 Å². The highest BCUT2D eigenvalue weighted by molar-refractivity contribution is 5.37. The summed E-state index contributed by atoms with van der Waals surface area (Å²) in [5.41, 5.74) is 4.05. The average molecular weight is 321 g/mol. The molecule has 0 atom stereocenters. The van der Waals surface area contributed by atoms with E-state index in [0.717, 1.165) is 25.3 Å². The fourth-order valence-corrected chi connectivity index (χ4v) is 2.98. The lowest BCUT2D eigenvalue weighted by atomic mass is 9.95. The van der Waals surface area contributed by atoms with Crippen LogP contribution in [0.2, 0.25) is 0 Å². The molecule has 122 valence electrons. The first-order valence-electron chi connectivity index (χ1n) is 8.13. The second-order valence-corrected chi connectivity index (χ2v) is 5.82. The van der Waals surface area contributed by atoms with Crippen LogP contribution in [0, 0.1) is 0 Å². The molecule has 1 N–H and O–H groups in total. The van der Waals surface area contributed by atoms with Crippen LogP contribution in [0.15, 0.2) is 48.5 Å². The van der Waals surface area contributed by atoms with Gasteiger partial charge < -0.3 is 10.1 Å². The summed E-state index contributed by atoms with van der Waals surface area (Å²) in [6, 6.07) is 16.1. The van der Waals surface area contributed by atoms with Gasteiger partial charge in [0.25, 0.3) is 0 Å². The molecule has 0 saturated carbocycles. The summed E-state index contributed by atoms with van der Waals surface area (Å²) in [5.74, 6) is 1.39. The predicted octanol–water partition coefficient (Wildman–Crippen LogP) is 1.95. The van der Waals surface area contributed by atoms with E-state index in [0.29, 0.717) is 19.0 Å². The van der Waals surface area contributed by atoms with Crippen molar-refractivity contribution in [3.63, 3.8) is 0 Å². The first kappa shape index (κ1) is 14.8. The van der Waals surface area contributed by atoms with Gasteiger partial charge in [0.2, 0.25) is 5.82 Å². The van der Waals surface area contributed by atoms with E-state index in [-0.39, 0.29) is 0 Å². The van der Waals surface area contributed by atoms with Crippen molar-refractivity contribution in [2.75, 3.05) is 6.54 Å². The Balaban J connectivity index is 1.44. The maximum Gasteiger partial charge on any atom is 0.212 e. The number of fused-ring (bicyclic) bond motifs is 1. The molecule has 0 spiro atoms. The van der Waals surface area contributed by atoms with Crippen LogP contribution in [0.3, 0.4) is 0 Å². The van der Waals surface area contributed by atoms with Crippen LogP contribution >= 0.6 is 0 Å². The van der Waals surface area contributed by atoms with Crippen molar-refractivity contribution in [1.82, 2.24) is 25.5 Å². The Hall–Kier alpha value is -2.73. The van der Waals surface area contributed by atoms with Crippen molar-refractivity contribution in [3.05, 3.63) is 71.0 Å². The predicted molar refractivity (Wildman–Crippen MR) is 89.5 cm³/mol. The third-order valence-corrected chi connectivity index (χ3v) is 4.15. The lowest BCUT2D eigenvalue weighted by Gasteiger charge is -2.19. The van der Waals surface area contributed by atoms with E-state index >= 15 is 0 Å². The van der Waals surface area contributed by atoms with Crippen molar-refractivity contribution >= 4 is 0 Å². The third-order valence-electron chi connectivity index (χ3n) is 4.15. The molecule has 0 aliphatic carbocycles. The van der Waals surface area contributed by atoms with Gasteiger partial charge in [-0.1, -0.05) is 36.4 Å². The molecule has 6 nitrogen and oxygen atoms in total. The number of ether oxygens (including phenoxy) is 1. The number of para-hydroxylation sites is 1. The van der Waals surface area contributed by atoms with Crippen LogP contribution < -0.4 is 10.1 Å². The number of hydrogen-bond acceptors (Lipinski definition) is 5. The Morgan fingerprint density at radius 1 is 1.08 bits per heavy atom. The van der Waals surface area contributed by atoms with Crippen LogP contribution in [0.25, 0.3) is 0 Å². The summed E-state index contributed by atoms with van der Waals surface area (Å²) in [6.07, 6.45) is 1.05. The van der Waals surface area contributed by atoms with Crippen molar-refractivity contribution in [1.29, 1.82) is 0 Å². The SMILES string of the molecule is c1ccc(OCc2nnn(Cc3cccc4c3CCNC4)n2)cc1. The monoisotopic (exact) mass is 321 g/mol. The Bertz CT molecular complexity index is 815. The number of aromatic nitrogens is 4. The van der Waals surface area contributed by atoms with Crippen LogP contribution in [0.4, 0.5) is 0 Å². The number of benzene rings is 2. The third kappa shape index (κ3) is 3.28. The van der Waals surface area contributed by atoms with Crippen LogP contribution in [0.1, 0.15) is 22.5 Å². The van der Waals surface area contributed by atoms with Crippen LogP contribution in [-0.2, 0) is 26.1 Å². The van der Waals surface area contributed by atoms with Crippen LogP contribution in [0.5, 0.6) is 5.75 Å². The Labute approximate surface area is 140 Å². The fourth-order valence-electron chi connectivity index (χ4n) is 2.98. The topological polar surface area (TPSA) is 64.9 Å². The first-order valence-corrected chi connectivity index (χ1v) is 8.13. The molecule has 1 aliphatic heterocycles. The maximum atomic E-state index is 5.66. The summed E-state index contributed by atoms with van der Waals surface area (Å²) in [4.78, 5) is 1.64. The van der Waals surface area contributed by atoms with Gasteiger partial charge in [-0.3, -0.25) is 0 Å². The largest absolute Gasteiger partial charge is 0.485 e. The highest BCUT2D eigenvalue weighted by Gasteiger charge is 2.13. The van der Waals surface area contributed by atoms with Gasteiger partial charge in [-0.15, -0.1) is 10.2 Å². The normalized spacial score (nSPS) is 13.5. The second-order valence-electron chi connectivity index (χ2n) is 5.82. The van der Waals surface area contributed by atoms with Crippen molar-refractivity contribution in [3.8, 4) is 5.75 Å². The van der Waals surface area contributed by atoms with Crippen molar-refractivity contribution in [2.24, 2.45) is 0 Å². The smallest absolute Gasteiger partial charge is 0.212 e. The standard InChI is InChI=1S/C18H19N5O/c1-2-7-16(8-3-1)24-13-18-20-22-23(21-18)12-15-6-4-5-14-11-19-10-9-17(14)15/h1-8,19H,9-13H2. The zero-order chi connectivity index (χ0) is 16.2. The molecule has 0 saturated heterocycles. The molecule has 24 heavy (non-hydrogen) atoms. The summed E-state index contributed by atoms with van der Waals surface area (Å²) in [5, 5.41) is 16.1. The van der Waals surface area contributed by atoms with Crippen molar-refractivity contribution < 1.29 is 4.74 Å². The van der Waals surface area contributed by atoms with E-state index in [4.69, 9.17) is 4.74 Å². The molecular formula is C18H19N5O. The molecule has 2 heterocycles. The van der Waals surface area contributed by atoms with Gasteiger partial charge in [0, 0.05) is 6.54 Å². The van der Waals surface area contributed by atoms with Gasteiger partial charge in [0.1, 0.15) is 5.75 Å². The summed E-state index contributed by atoms with van der Waals surface area (Å²) in [6.45, 7) is 2.91. The molecule has 0 fully saturated rings. The highest BCUT2D eigenvalue weighted by Crippen LogP contribution is 2.19. The first-order chi connectivity index (χ1) is 11.9. The molecule has 1 aliphatic rings. The summed E-state index contributed by atoms with van der Waals surface area (Å²) in [7, 11) is 0. The molecule has 0 amide bonds. The van der Waals surface area contributed by atoms with Gasteiger partial charge in [0.15, 0.2) is 6.61 Å². The minimum Gasteiger partial charge on any atom is -0.485 e. The van der Waals surface area contributed by atoms with Crippen LogP contribution in [-0.4, -0.2) is 26.8 Å².